The van der Waals surface area contributed by atoms with Crippen LogP contribution in [-0.2, 0) is 6.54 Å². The molecule has 1 aromatic heterocycles. The molecule has 0 saturated heterocycles. The minimum absolute atomic E-state index is 0.105. The molecule has 0 spiro atoms. The van der Waals surface area contributed by atoms with Crippen LogP contribution in [-0.4, -0.2) is 5.91 Å². The largest absolute Gasteiger partial charge is 0.347 e. The Hall–Kier alpha value is -0.360. The topological polar surface area (TPSA) is 29.1 Å². The molecule has 0 radical (unpaired) electrons. The number of carbonyl (C=O) groups is 1. The third-order valence-corrected chi connectivity index (χ3v) is 5.89. The van der Waals surface area contributed by atoms with Crippen LogP contribution in [0, 0.1) is 0 Å². The van der Waals surface area contributed by atoms with Gasteiger partial charge in [-0.05, 0) is 49.6 Å². The molecule has 0 atom stereocenters. The van der Waals surface area contributed by atoms with Gasteiger partial charge in [-0.3, -0.25) is 4.79 Å². The zero-order chi connectivity index (χ0) is 13.1. The van der Waals surface area contributed by atoms with Crippen molar-refractivity contribution in [1.82, 2.24) is 5.32 Å². The molecular formula is C12H8Br2ClNOS. The zero-order valence-electron chi connectivity index (χ0n) is 9.04. The molecule has 94 valence electrons. The molecule has 0 fully saturated rings. The van der Waals surface area contributed by atoms with Crippen LogP contribution in [0.2, 0.25) is 5.02 Å². The lowest BCUT2D eigenvalue weighted by Gasteiger charge is -2.05. The van der Waals surface area contributed by atoms with E-state index in [9.17, 15) is 4.79 Å². The fourth-order valence-electron chi connectivity index (χ4n) is 1.36. The van der Waals surface area contributed by atoms with Crippen LogP contribution >= 0.6 is 54.8 Å². The minimum atomic E-state index is -0.105. The highest BCUT2D eigenvalue weighted by Crippen LogP contribution is 2.32. The van der Waals surface area contributed by atoms with E-state index in [1.165, 1.54) is 11.3 Å². The summed E-state index contributed by atoms with van der Waals surface area (Å²) in [7, 11) is 0. The molecule has 0 unspecified atom stereocenters. The van der Waals surface area contributed by atoms with Crippen molar-refractivity contribution < 1.29 is 4.79 Å². The lowest BCUT2D eigenvalue weighted by Crippen LogP contribution is -2.21. The number of hydrogen-bond donors (Lipinski definition) is 1. The molecule has 2 nitrogen and oxygen atoms in total. The molecule has 1 amide bonds. The Balaban J connectivity index is 2.03. The molecule has 0 aliphatic rings. The number of rotatable bonds is 3. The molecular weight excluding hydrogens is 401 g/mol. The Kier molecular flexibility index (Phi) is 4.84. The van der Waals surface area contributed by atoms with Crippen molar-refractivity contribution in [3.05, 3.63) is 54.1 Å². The van der Waals surface area contributed by atoms with Gasteiger partial charge in [-0.2, -0.15) is 0 Å². The summed E-state index contributed by atoms with van der Waals surface area (Å²) in [5.41, 5.74) is 0.905. The van der Waals surface area contributed by atoms with Gasteiger partial charge in [-0.15, -0.1) is 11.3 Å². The van der Waals surface area contributed by atoms with E-state index in [-0.39, 0.29) is 5.91 Å². The first kappa shape index (κ1) is 14.1. The maximum atomic E-state index is 11.9. The summed E-state index contributed by atoms with van der Waals surface area (Å²) in [6, 6.07) is 9.24. The number of nitrogens with one attached hydrogen (secondary N) is 1. The lowest BCUT2D eigenvalue weighted by atomic mass is 10.2. The van der Waals surface area contributed by atoms with Gasteiger partial charge in [0.25, 0.3) is 5.91 Å². The number of amides is 1. The Labute approximate surface area is 131 Å². The van der Waals surface area contributed by atoms with Crippen molar-refractivity contribution in [1.29, 1.82) is 0 Å². The third-order valence-electron chi connectivity index (χ3n) is 2.27. The summed E-state index contributed by atoms with van der Waals surface area (Å²) < 4.78 is 1.79. The third kappa shape index (κ3) is 3.35. The lowest BCUT2D eigenvalue weighted by molar-refractivity contribution is 0.0955. The first-order valence-corrected chi connectivity index (χ1v) is 7.82. The van der Waals surface area contributed by atoms with Gasteiger partial charge in [-0.25, -0.2) is 0 Å². The first-order chi connectivity index (χ1) is 8.58. The fraction of sp³-hybridized carbons (Fsp3) is 0.0833. The fourth-order valence-corrected chi connectivity index (χ4v) is 3.52. The molecule has 0 saturated carbocycles. The van der Waals surface area contributed by atoms with Gasteiger partial charge in [0.1, 0.15) is 0 Å². The Morgan fingerprint density at radius 2 is 2.06 bits per heavy atom. The second-order valence-corrected chi connectivity index (χ2v) is 7.14. The molecule has 1 aromatic carbocycles. The highest BCUT2D eigenvalue weighted by atomic mass is 79.9. The van der Waals surface area contributed by atoms with E-state index in [0.717, 1.165) is 13.8 Å². The number of halogens is 3. The SMILES string of the molecule is O=C(NCc1ccccc1Cl)c1cc(Br)c(Br)s1. The van der Waals surface area contributed by atoms with Crippen LogP contribution in [0.3, 0.4) is 0 Å². The molecule has 18 heavy (non-hydrogen) atoms. The van der Waals surface area contributed by atoms with E-state index in [1.807, 2.05) is 18.2 Å². The first-order valence-electron chi connectivity index (χ1n) is 5.04. The van der Waals surface area contributed by atoms with Crippen LogP contribution in [0.15, 0.2) is 38.6 Å². The quantitative estimate of drug-likeness (QED) is 0.771. The average molecular weight is 410 g/mol. The van der Waals surface area contributed by atoms with Crippen LogP contribution in [0.1, 0.15) is 15.2 Å². The summed E-state index contributed by atoms with van der Waals surface area (Å²) in [5, 5.41) is 3.50. The van der Waals surface area contributed by atoms with Gasteiger partial charge >= 0.3 is 0 Å². The van der Waals surface area contributed by atoms with Crippen molar-refractivity contribution in [3.8, 4) is 0 Å². The second kappa shape index (κ2) is 6.19. The molecule has 1 N–H and O–H groups in total. The van der Waals surface area contributed by atoms with Gasteiger partial charge < -0.3 is 5.32 Å². The summed E-state index contributed by atoms with van der Waals surface area (Å²) in [5.74, 6) is -0.105. The Bertz CT molecular complexity index is 566. The van der Waals surface area contributed by atoms with Gasteiger partial charge in [-0.1, -0.05) is 29.8 Å². The number of carbonyl (C=O) groups excluding carboxylic acids is 1. The van der Waals surface area contributed by atoms with Crippen molar-refractivity contribution >= 4 is 60.7 Å². The van der Waals surface area contributed by atoms with Crippen molar-refractivity contribution in [2.75, 3.05) is 0 Å². The Morgan fingerprint density at radius 1 is 1.33 bits per heavy atom. The molecule has 0 aliphatic heterocycles. The van der Waals surface area contributed by atoms with E-state index < -0.39 is 0 Å². The molecule has 1 heterocycles. The molecule has 0 aliphatic carbocycles. The van der Waals surface area contributed by atoms with Crippen LogP contribution < -0.4 is 5.32 Å². The Morgan fingerprint density at radius 3 is 2.67 bits per heavy atom. The number of benzene rings is 1. The summed E-state index contributed by atoms with van der Waals surface area (Å²) in [6.45, 7) is 0.422. The molecule has 0 bridgehead atoms. The van der Waals surface area contributed by atoms with Crippen LogP contribution in [0.5, 0.6) is 0 Å². The van der Waals surface area contributed by atoms with Gasteiger partial charge in [0, 0.05) is 16.0 Å². The van der Waals surface area contributed by atoms with Gasteiger partial charge in [0.05, 0.1) is 8.66 Å². The molecule has 6 heteroatoms. The predicted octanol–water partition coefficient (Wildman–Crippen LogP) is 4.86. The van der Waals surface area contributed by atoms with E-state index in [4.69, 9.17) is 11.6 Å². The van der Waals surface area contributed by atoms with Gasteiger partial charge in [0.15, 0.2) is 0 Å². The summed E-state index contributed by atoms with van der Waals surface area (Å²) >= 11 is 14.1. The average Bonchev–Trinajstić information content (AvgIpc) is 2.68. The standard InChI is InChI=1S/C12H8Br2ClNOS/c13-8-5-10(18-11(8)14)12(17)16-6-7-3-1-2-4-9(7)15/h1-5H,6H2,(H,16,17). The van der Waals surface area contributed by atoms with Gasteiger partial charge in [0.2, 0.25) is 0 Å². The van der Waals surface area contributed by atoms with E-state index >= 15 is 0 Å². The molecule has 2 aromatic rings. The predicted molar refractivity (Wildman–Crippen MR) is 82.3 cm³/mol. The number of hydrogen-bond acceptors (Lipinski definition) is 2. The van der Waals surface area contributed by atoms with Crippen molar-refractivity contribution in [2.45, 2.75) is 6.54 Å². The normalized spacial score (nSPS) is 10.4. The highest BCUT2D eigenvalue weighted by Gasteiger charge is 2.12. The smallest absolute Gasteiger partial charge is 0.261 e. The van der Waals surface area contributed by atoms with E-state index in [2.05, 4.69) is 37.2 Å². The molecule has 2 rings (SSSR count). The maximum Gasteiger partial charge on any atom is 0.261 e. The van der Waals surface area contributed by atoms with Crippen molar-refractivity contribution in [3.63, 3.8) is 0 Å². The second-order valence-electron chi connectivity index (χ2n) is 3.51. The monoisotopic (exact) mass is 407 g/mol. The summed E-state index contributed by atoms with van der Waals surface area (Å²) in [6.07, 6.45) is 0. The summed E-state index contributed by atoms with van der Waals surface area (Å²) in [4.78, 5) is 12.6. The van der Waals surface area contributed by atoms with Crippen LogP contribution in [0.25, 0.3) is 0 Å². The van der Waals surface area contributed by atoms with E-state index in [0.29, 0.717) is 16.4 Å². The maximum absolute atomic E-state index is 11.9. The van der Waals surface area contributed by atoms with Crippen molar-refractivity contribution in [2.24, 2.45) is 0 Å². The van der Waals surface area contributed by atoms with Crippen LogP contribution in [0.4, 0.5) is 0 Å². The zero-order valence-corrected chi connectivity index (χ0v) is 13.8. The van der Waals surface area contributed by atoms with E-state index in [1.54, 1.807) is 12.1 Å². The number of thiophene rings is 1. The minimum Gasteiger partial charge on any atom is -0.347 e. The highest BCUT2D eigenvalue weighted by molar-refractivity contribution is 9.13.